The lowest BCUT2D eigenvalue weighted by Gasteiger charge is -2.16. The summed E-state index contributed by atoms with van der Waals surface area (Å²) >= 11 is 0. The molecule has 7 nitrogen and oxygen atoms in total. The van der Waals surface area contributed by atoms with E-state index in [0.717, 1.165) is 11.5 Å². The normalized spacial score (nSPS) is 12.7. The Balaban J connectivity index is 1.98. The van der Waals surface area contributed by atoms with E-state index < -0.39 is 0 Å². The van der Waals surface area contributed by atoms with Crippen LogP contribution in [-0.2, 0) is 11.3 Å². The minimum atomic E-state index is -0.191. The van der Waals surface area contributed by atoms with Gasteiger partial charge in [0, 0.05) is 12.2 Å². The molecule has 0 aromatic carbocycles. The summed E-state index contributed by atoms with van der Waals surface area (Å²) in [6.45, 7) is 8.09. The van der Waals surface area contributed by atoms with Gasteiger partial charge in [0.25, 0.3) is 0 Å². The van der Waals surface area contributed by atoms with Crippen molar-refractivity contribution in [1.82, 2.24) is 29.9 Å². The molecule has 0 saturated heterocycles. The highest BCUT2D eigenvalue weighted by molar-refractivity contribution is 5.75. The molecule has 0 spiro atoms. The zero-order valence-electron chi connectivity index (χ0n) is 12.2. The van der Waals surface area contributed by atoms with Gasteiger partial charge >= 0.3 is 0 Å². The highest BCUT2D eigenvalue weighted by Crippen LogP contribution is 2.13. The Morgan fingerprint density at radius 3 is 2.75 bits per heavy atom. The first-order chi connectivity index (χ1) is 9.47. The second-order valence-electron chi connectivity index (χ2n) is 5.13. The molecule has 0 aliphatic heterocycles. The molecule has 108 valence electrons. The predicted octanol–water partition coefficient (Wildman–Crippen LogP) is 1.24. The fourth-order valence-corrected chi connectivity index (χ4v) is 2.01. The first-order valence-electron chi connectivity index (χ1n) is 6.66. The van der Waals surface area contributed by atoms with Crippen LogP contribution >= 0.6 is 0 Å². The summed E-state index contributed by atoms with van der Waals surface area (Å²) in [5.74, 6) is 0.656. The summed E-state index contributed by atoms with van der Waals surface area (Å²) in [6.07, 6.45) is 3.47. The van der Waals surface area contributed by atoms with Crippen molar-refractivity contribution in [2.45, 2.75) is 46.3 Å². The lowest BCUT2D eigenvalue weighted by molar-refractivity contribution is -0.122. The maximum absolute atomic E-state index is 12.0. The van der Waals surface area contributed by atoms with Crippen molar-refractivity contribution in [3.05, 3.63) is 30.1 Å². The summed E-state index contributed by atoms with van der Waals surface area (Å²) in [4.78, 5) is 12.0. The van der Waals surface area contributed by atoms with Crippen molar-refractivity contribution in [1.29, 1.82) is 0 Å². The van der Waals surface area contributed by atoms with Crippen LogP contribution in [0.15, 0.2) is 18.6 Å². The summed E-state index contributed by atoms with van der Waals surface area (Å²) in [6, 6.07) is 1.93. The van der Waals surface area contributed by atoms with Crippen LogP contribution in [0.25, 0.3) is 0 Å². The van der Waals surface area contributed by atoms with Gasteiger partial charge in [-0.1, -0.05) is 0 Å². The molecule has 0 aliphatic carbocycles. The van der Waals surface area contributed by atoms with Gasteiger partial charge in [-0.15, -0.1) is 10.2 Å². The Hall–Kier alpha value is -2.18. The number of nitrogens with zero attached hydrogens (tertiary/aromatic N) is 5. The van der Waals surface area contributed by atoms with E-state index in [9.17, 15) is 4.79 Å². The first-order valence-corrected chi connectivity index (χ1v) is 6.66. The molecule has 7 heteroatoms. The van der Waals surface area contributed by atoms with Crippen LogP contribution in [0.1, 0.15) is 44.4 Å². The van der Waals surface area contributed by atoms with Crippen LogP contribution in [0, 0.1) is 6.92 Å². The summed E-state index contributed by atoms with van der Waals surface area (Å²) < 4.78 is 3.56. The predicted molar refractivity (Wildman–Crippen MR) is 73.9 cm³/mol. The van der Waals surface area contributed by atoms with Gasteiger partial charge in [-0.2, -0.15) is 5.10 Å². The molecule has 20 heavy (non-hydrogen) atoms. The second kappa shape index (κ2) is 5.85. The molecule has 0 aliphatic rings. The molecule has 0 bridgehead atoms. The molecular weight excluding hydrogens is 256 g/mol. The summed E-state index contributed by atoms with van der Waals surface area (Å²) in [5.41, 5.74) is 0.894. The van der Waals surface area contributed by atoms with E-state index in [1.807, 2.05) is 38.3 Å². The van der Waals surface area contributed by atoms with E-state index in [2.05, 4.69) is 20.6 Å². The molecule has 1 amide bonds. The van der Waals surface area contributed by atoms with Gasteiger partial charge in [-0.05, 0) is 33.8 Å². The van der Waals surface area contributed by atoms with Crippen molar-refractivity contribution in [2.75, 3.05) is 0 Å². The van der Waals surface area contributed by atoms with E-state index >= 15 is 0 Å². The quantitative estimate of drug-likeness (QED) is 0.891. The standard InChI is InChI=1S/C13H20N6O/c1-9(2)19-8-14-16-13(19)11(4)15-12(20)7-18-6-5-10(3)17-18/h5-6,8-9,11H,7H2,1-4H3,(H,15,20). The Bertz CT molecular complexity index is 585. The summed E-state index contributed by atoms with van der Waals surface area (Å²) in [5, 5.41) is 15.1. The molecule has 0 radical (unpaired) electrons. The molecule has 0 fully saturated rings. The third kappa shape index (κ3) is 3.23. The number of aryl methyl sites for hydroxylation is 1. The number of rotatable bonds is 5. The van der Waals surface area contributed by atoms with Crippen LogP contribution in [0.4, 0.5) is 0 Å². The van der Waals surface area contributed by atoms with Crippen LogP contribution in [0.2, 0.25) is 0 Å². The number of nitrogens with one attached hydrogen (secondary N) is 1. The second-order valence-corrected chi connectivity index (χ2v) is 5.13. The van der Waals surface area contributed by atoms with Gasteiger partial charge in [0.1, 0.15) is 12.9 Å². The third-order valence-corrected chi connectivity index (χ3v) is 3.00. The van der Waals surface area contributed by atoms with Crippen molar-refractivity contribution in [3.63, 3.8) is 0 Å². The lowest BCUT2D eigenvalue weighted by Crippen LogP contribution is -2.32. The maximum Gasteiger partial charge on any atom is 0.242 e. The van der Waals surface area contributed by atoms with Crippen molar-refractivity contribution in [3.8, 4) is 0 Å². The highest BCUT2D eigenvalue weighted by Gasteiger charge is 2.17. The topological polar surface area (TPSA) is 77.6 Å². The number of carbonyl (C=O) groups excluding carboxylic acids is 1. The molecule has 2 aromatic rings. The number of hydrogen-bond donors (Lipinski definition) is 1. The van der Waals surface area contributed by atoms with Gasteiger partial charge in [0.2, 0.25) is 5.91 Å². The summed E-state index contributed by atoms with van der Waals surface area (Å²) in [7, 11) is 0. The Morgan fingerprint density at radius 1 is 1.40 bits per heavy atom. The zero-order valence-corrected chi connectivity index (χ0v) is 12.2. The van der Waals surface area contributed by atoms with Gasteiger partial charge in [-0.3, -0.25) is 9.48 Å². The number of hydrogen-bond acceptors (Lipinski definition) is 4. The van der Waals surface area contributed by atoms with Gasteiger partial charge in [-0.25, -0.2) is 0 Å². The van der Waals surface area contributed by atoms with Gasteiger partial charge in [0.05, 0.1) is 11.7 Å². The van der Waals surface area contributed by atoms with Crippen LogP contribution in [-0.4, -0.2) is 30.5 Å². The molecule has 0 saturated carbocycles. The minimum Gasteiger partial charge on any atom is -0.345 e. The first kappa shape index (κ1) is 14.2. The molecular formula is C13H20N6O. The molecule has 1 unspecified atom stereocenters. The number of amides is 1. The van der Waals surface area contributed by atoms with Crippen molar-refractivity contribution < 1.29 is 4.79 Å². The fourth-order valence-electron chi connectivity index (χ4n) is 2.01. The van der Waals surface area contributed by atoms with E-state index in [-0.39, 0.29) is 24.5 Å². The smallest absolute Gasteiger partial charge is 0.242 e. The van der Waals surface area contributed by atoms with Crippen molar-refractivity contribution >= 4 is 5.91 Å². The Labute approximate surface area is 118 Å². The Kier molecular flexibility index (Phi) is 4.16. The largest absolute Gasteiger partial charge is 0.345 e. The average Bonchev–Trinajstić information content (AvgIpc) is 2.97. The molecule has 2 aromatic heterocycles. The number of aromatic nitrogens is 5. The van der Waals surface area contributed by atoms with Gasteiger partial charge < -0.3 is 9.88 Å². The monoisotopic (exact) mass is 276 g/mol. The van der Waals surface area contributed by atoms with E-state index in [0.29, 0.717) is 0 Å². The van der Waals surface area contributed by atoms with Crippen LogP contribution in [0.5, 0.6) is 0 Å². The minimum absolute atomic E-state index is 0.0982. The maximum atomic E-state index is 12.0. The van der Waals surface area contributed by atoms with Crippen molar-refractivity contribution in [2.24, 2.45) is 0 Å². The molecule has 2 heterocycles. The van der Waals surface area contributed by atoms with E-state index in [1.165, 1.54) is 0 Å². The van der Waals surface area contributed by atoms with Gasteiger partial charge in [0.15, 0.2) is 5.82 Å². The Morgan fingerprint density at radius 2 is 2.15 bits per heavy atom. The third-order valence-electron chi connectivity index (χ3n) is 3.00. The molecule has 2 rings (SSSR count). The highest BCUT2D eigenvalue weighted by atomic mass is 16.2. The molecule has 1 N–H and O–H groups in total. The molecule has 1 atom stereocenters. The van der Waals surface area contributed by atoms with E-state index in [1.54, 1.807) is 17.2 Å². The zero-order chi connectivity index (χ0) is 14.7. The SMILES string of the molecule is Cc1ccn(CC(=O)NC(C)c2nncn2C(C)C)n1. The van der Waals surface area contributed by atoms with Crippen LogP contribution in [0.3, 0.4) is 0 Å². The average molecular weight is 276 g/mol. The lowest BCUT2D eigenvalue weighted by atomic mass is 10.3. The fraction of sp³-hybridized carbons (Fsp3) is 0.538. The number of carbonyl (C=O) groups is 1. The van der Waals surface area contributed by atoms with E-state index in [4.69, 9.17) is 0 Å². The van der Waals surface area contributed by atoms with Crippen LogP contribution < -0.4 is 5.32 Å².